The fraction of sp³-hybridized carbons (Fsp3) is 0.667. The third-order valence-electron chi connectivity index (χ3n) is 4.96. The molecule has 1 atom stereocenters. The van der Waals surface area contributed by atoms with Gasteiger partial charge in [0.2, 0.25) is 5.91 Å². The summed E-state index contributed by atoms with van der Waals surface area (Å²) in [5, 5.41) is 3.09. The van der Waals surface area contributed by atoms with Crippen molar-refractivity contribution in [1.82, 2.24) is 14.8 Å². The SMILES string of the molecule is CC(C)CN1C(=O)c2cccn2CC1CNC(=O)C1CCCC1. The van der Waals surface area contributed by atoms with Crippen LogP contribution < -0.4 is 5.32 Å². The van der Waals surface area contributed by atoms with Crippen LogP contribution in [-0.2, 0) is 11.3 Å². The first-order valence-electron chi connectivity index (χ1n) is 8.80. The summed E-state index contributed by atoms with van der Waals surface area (Å²) in [5.74, 6) is 0.830. The van der Waals surface area contributed by atoms with Crippen molar-refractivity contribution in [2.75, 3.05) is 13.1 Å². The van der Waals surface area contributed by atoms with Gasteiger partial charge >= 0.3 is 0 Å². The van der Waals surface area contributed by atoms with Crippen molar-refractivity contribution < 1.29 is 9.59 Å². The van der Waals surface area contributed by atoms with Gasteiger partial charge in [-0.3, -0.25) is 9.59 Å². The molecule has 0 saturated heterocycles. The van der Waals surface area contributed by atoms with Crippen LogP contribution in [0.15, 0.2) is 18.3 Å². The molecule has 1 N–H and O–H groups in total. The van der Waals surface area contributed by atoms with Crippen LogP contribution >= 0.6 is 0 Å². The van der Waals surface area contributed by atoms with E-state index in [1.54, 1.807) is 0 Å². The van der Waals surface area contributed by atoms with E-state index in [1.807, 2.05) is 27.8 Å². The molecule has 1 fully saturated rings. The Kier molecular flexibility index (Phi) is 4.74. The van der Waals surface area contributed by atoms with Gasteiger partial charge in [-0.15, -0.1) is 0 Å². The van der Waals surface area contributed by atoms with Crippen LogP contribution in [0.4, 0.5) is 0 Å². The van der Waals surface area contributed by atoms with Gasteiger partial charge < -0.3 is 14.8 Å². The van der Waals surface area contributed by atoms with E-state index in [2.05, 4.69) is 19.2 Å². The van der Waals surface area contributed by atoms with Crippen LogP contribution in [0.1, 0.15) is 50.0 Å². The predicted octanol–water partition coefficient (Wildman–Crippen LogP) is 2.27. The molecule has 23 heavy (non-hydrogen) atoms. The van der Waals surface area contributed by atoms with E-state index in [9.17, 15) is 9.59 Å². The highest BCUT2D eigenvalue weighted by molar-refractivity contribution is 5.93. The minimum absolute atomic E-state index is 0.0372. The highest BCUT2D eigenvalue weighted by Gasteiger charge is 2.33. The summed E-state index contributed by atoms with van der Waals surface area (Å²) < 4.78 is 2.01. The van der Waals surface area contributed by atoms with Crippen LogP contribution in [0.2, 0.25) is 0 Å². The second kappa shape index (κ2) is 6.77. The Morgan fingerprint density at radius 1 is 1.35 bits per heavy atom. The number of nitrogens with one attached hydrogen (secondary N) is 1. The van der Waals surface area contributed by atoms with Crippen LogP contribution in [0, 0.1) is 11.8 Å². The number of carbonyl (C=O) groups is 2. The van der Waals surface area contributed by atoms with Crippen LogP contribution in [0.5, 0.6) is 0 Å². The van der Waals surface area contributed by atoms with Crippen molar-refractivity contribution >= 4 is 11.8 Å². The second-order valence-electron chi connectivity index (χ2n) is 7.28. The van der Waals surface area contributed by atoms with Gasteiger partial charge in [-0.2, -0.15) is 0 Å². The maximum absolute atomic E-state index is 12.7. The molecule has 0 aromatic carbocycles. The molecular formula is C18H27N3O2. The van der Waals surface area contributed by atoms with Gasteiger partial charge in [0.1, 0.15) is 5.69 Å². The van der Waals surface area contributed by atoms with Crippen molar-refractivity contribution in [3.8, 4) is 0 Å². The lowest BCUT2D eigenvalue weighted by Crippen LogP contribution is -2.54. The van der Waals surface area contributed by atoms with Crippen LogP contribution in [0.25, 0.3) is 0 Å². The summed E-state index contributed by atoms with van der Waals surface area (Å²) in [7, 11) is 0. The Labute approximate surface area is 138 Å². The Bertz CT molecular complexity index is 573. The maximum atomic E-state index is 12.7. The molecule has 1 aromatic rings. The molecule has 0 radical (unpaired) electrons. The number of hydrogen-bond acceptors (Lipinski definition) is 2. The molecule has 0 spiro atoms. The lowest BCUT2D eigenvalue weighted by Gasteiger charge is -2.38. The summed E-state index contributed by atoms with van der Waals surface area (Å²) >= 11 is 0. The molecule has 0 bridgehead atoms. The van der Waals surface area contributed by atoms with Crippen molar-refractivity contribution in [2.45, 2.75) is 52.1 Å². The topological polar surface area (TPSA) is 54.3 Å². The second-order valence-corrected chi connectivity index (χ2v) is 7.28. The Morgan fingerprint density at radius 3 is 2.78 bits per heavy atom. The van der Waals surface area contributed by atoms with Gasteiger partial charge in [0, 0.05) is 31.7 Å². The third kappa shape index (κ3) is 3.43. The van der Waals surface area contributed by atoms with Gasteiger partial charge in [0.05, 0.1) is 6.04 Å². The summed E-state index contributed by atoms with van der Waals surface area (Å²) in [4.78, 5) is 26.9. The molecule has 126 valence electrons. The van der Waals surface area contributed by atoms with E-state index in [0.29, 0.717) is 12.5 Å². The Hall–Kier alpha value is -1.78. The van der Waals surface area contributed by atoms with E-state index < -0.39 is 0 Å². The number of carbonyl (C=O) groups excluding carboxylic acids is 2. The largest absolute Gasteiger partial charge is 0.354 e. The number of fused-ring (bicyclic) bond motifs is 1. The van der Waals surface area contributed by atoms with Crippen molar-refractivity contribution in [1.29, 1.82) is 0 Å². The molecule has 2 heterocycles. The number of amides is 2. The highest BCUT2D eigenvalue weighted by atomic mass is 16.2. The lowest BCUT2D eigenvalue weighted by atomic mass is 10.1. The first-order valence-corrected chi connectivity index (χ1v) is 8.80. The van der Waals surface area contributed by atoms with Crippen molar-refractivity contribution in [3.05, 3.63) is 24.0 Å². The molecule has 1 unspecified atom stereocenters. The van der Waals surface area contributed by atoms with Gasteiger partial charge in [-0.05, 0) is 30.9 Å². The van der Waals surface area contributed by atoms with Gasteiger partial charge in [0.15, 0.2) is 0 Å². The molecular weight excluding hydrogens is 290 g/mol. The number of nitrogens with zero attached hydrogens (tertiary/aromatic N) is 2. The van der Waals surface area contributed by atoms with E-state index in [0.717, 1.165) is 44.5 Å². The van der Waals surface area contributed by atoms with Crippen molar-refractivity contribution in [3.63, 3.8) is 0 Å². The smallest absolute Gasteiger partial charge is 0.270 e. The fourth-order valence-corrected chi connectivity index (χ4v) is 3.76. The predicted molar refractivity (Wildman–Crippen MR) is 89.1 cm³/mol. The zero-order chi connectivity index (χ0) is 16.4. The minimum Gasteiger partial charge on any atom is -0.354 e. The normalized spacial score (nSPS) is 21.8. The first kappa shape index (κ1) is 16.1. The maximum Gasteiger partial charge on any atom is 0.270 e. The monoisotopic (exact) mass is 317 g/mol. The minimum atomic E-state index is 0.0372. The van der Waals surface area contributed by atoms with Gasteiger partial charge in [-0.25, -0.2) is 0 Å². The fourth-order valence-electron chi connectivity index (χ4n) is 3.76. The molecule has 3 rings (SSSR count). The van der Waals surface area contributed by atoms with Crippen LogP contribution in [-0.4, -0.2) is 40.4 Å². The van der Waals surface area contributed by atoms with E-state index >= 15 is 0 Å². The Balaban J connectivity index is 1.68. The number of aromatic nitrogens is 1. The number of hydrogen-bond donors (Lipinski definition) is 1. The quantitative estimate of drug-likeness (QED) is 0.906. The molecule has 1 aliphatic heterocycles. The molecule has 1 aromatic heterocycles. The summed E-state index contributed by atoms with van der Waals surface area (Å²) in [5.41, 5.74) is 0.754. The average Bonchev–Trinajstić information content (AvgIpc) is 3.18. The molecule has 1 saturated carbocycles. The van der Waals surface area contributed by atoms with E-state index in [1.165, 1.54) is 0 Å². The average molecular weight is 317 g/mol. The molecule has 5 heteroatoms. The Morgan fingerprint density at radius 2 is 2.09 bits per heavy atom. The third-order valence-corrected chi connectivity index (χ3v) is 4.96. The van der Waals surface area contributed by atoms with Crippen LogP contribution in [0.3, 0.4) is 0 Å². The molecule has 2 amide bonds. The summed E-state index contributed by atoms with van der Waals surface area (Å²) in [6.07, 6.45) is 6.28. The molecule has 2 aliphatic rings. The van der Waals surface area contributed by atoms with Crippen molar-refractivity contribution in [2.24, 2.45) is 11.8 Å². The van der Waals surface area contributed by atoms with Gasteiger partial charge in [0.25, 0.3) is 5.91 Å². The first-order chi connectivity index (χ1) is 11.1. The summed E-state index contributed by atoms with van der Waals surface area (Å²) in [6, 6.07) is 3.83. The van der Waals surface area contributed by atoms with E-state index in [4.69, 9.17) is 0 Å². The van der Waals surface area contributed by atoms with Gasteiger partial charge in [-0.1, -0.05) is 26.7 Å². The zero-order valence-corrected chi connectivity index (χ0v) is 14.1. The summed E-state index contributed by atoms with van der Waals surface area (Å²) in [6.45, 7) is 6.27. The highest BCUT2D eigenvalue weighted by Crippen LogP contribution is 2.25. The lowest BCUT2D eigenvalue weighted by molar-refractivity contribution is -0.125. The van der Waals surface area contributed by atoms with E-state index in [-0.39, 0.29) is 23.8 Å². The molecule has 1 aliphatic carbocycles. The molecule has 5 nitrogen and oxygen atoms in total. The standard InChI is InChI=1S/C18H27N3O2/c1-13(2)11-21-15(10-19-17(22)14-6-3-4-7-14)12-20-9-5-8-16(20)18(21)23/h5,8-9,13-15H,3-4,6-7,10-12H2,1-2H3,(H,19,22). The number of rotatable bonds is 5. The zero-order valence-electron chi connectivity index (χ0n) is 14.1.